The van der Waals surface area contributed by atoms with E-state index in [0.717, 1.165) is 13.6 Å². The molecule has 18 heavy (non-hydrogen) atoms. The molecule has 0 fully saturated rings. The van der Waals surface area contributed by atoms with Crippen molar-refractivity contribution in [2.24, 2.45) is 0 Å². The van der Waals surface area contributed by atoms with E-state index in [2.05, 4.69) is 0 Å². The summed E-state index contributed by atoms with van der Waals surface area (Å²) < 4.78 is 7.51. The van der Waals surface area contributed by atoms with E-state index in [9.17, 15) is 4.79 Å². The number of hydrogen-bond acceptors (Lipinski definition) is 7. The number of nitrogens with zero attached hydrogens (tertiary/aromatic N) is 1. The van der Waals surface area contributed by atoms with Crippen molar-refractivity contribution in [1.82, 2.24) is 0 Å². The average molecular weight is 298 g/mol. The highest BCUT2D eigenvalue weighted by atomic mass is 32.2. The van der Waals surface area contributed by atoms with Crippen molar-refractivity contribution < 1.29 is 9.53 Å². The number of fused-ring (bicyclic) bond motifs is 1. The van der Waals surface area contributed by atoms with Crippen LogP contribution in [0, 0.1) is 11.3 Å². The predicted molar refractivity (Wildman–Crippen MR) is 76.6 cm³/mol. The van der Waals surface area contributed by atoms with Crippen LogP contribution >= 0.6 is 34.4 Å². The number of nitrogen functional groups attached to an aromatic ring is 1. The summed E-state index contributed by atoms with van der Waals surface area (Å²) in [6, 6.07) is 2.05. The molecule has 0 bridgehead atoms. The lowest BCUT2D eigenvalue weighted by atomic mass is 10.3. The van der Waals surface area contributed by atoms with Crippen LogP contribution in [0.25, 0.3) is 9.40 Å². The van der Waals surface area contributed by atoms with Crippen LogP contribution < -0.4 is 5.73 Å². The molecular weight excluding hydrogens is 288 g/mol. The maximum atomic E-state index is 12.0. The van der Waals surface area contributed by atoms with Crippen LogP contribution in [0.2, 0.25) is 0 Å². The topological polar surface area (TPSA) is 76.1 Å². The Labute approximate surface area is 116 Å². The molecule has 0 aliphatic rings. The third-order valence-electron chi connectivity index (χ3n) is 2.29. The van der Waals surface area contributed by atoms with Gasteiger partial charge in [0.1, 0.15) is 16.5 Å². The highest BCUT2D eigenvalue weighted by Crippen LogP contribution is 2.45. The summed E-state index contributed by atoms with van der Waals surface area (Å²) in [6.45, 7) is 2.10. The standard InChI is InChI=1S/C11H10N2O2S3/c1-3-15-10(14)6-8-9(18-11(6)16-2)7(13)5(4-12)17-8/h3,13H2,1-2H3. The van der Waals surface area contributed by atoms with E-state index >= 15 is 0 Å². The molecule has 7 heteroatoms. The molecule has 0 aliphatic carbocycles. The van der Waals surface area contributed by atoms with E-state index in [0.29, 0.717) is 22.7 Å². The monoisotopic (exact) mass is 298 g/mol. The summed E-state index contributed by atoms with van der Waals surface area (Å²) in [5.74, 6) is -0.348. The molecule has 2 rings (SSSR count). The number of thioether (sulfide) groups is 1. The average Bonchev–Trinajstić information content (AvgIpc) is 2.86. The van der Waals surface area contributed by atoms with Crippen molar-refractivity contribution in [2.75, 3.05) is 18.6 Å². The number of hydrogen-bond donors (Lipinski definition) is 1. The van der Waals surface area contributed by atoms with E-state index < -0.39 is 0 Å². The van der Waals surface area contributed by atoms with E-state index in [4.69, 9.17) is 15.7 Å². The summed E-state index contributed by atoms with van der Waals surface area (Å²) in [7, 11) is 0. The van der Waals surface area contributed by atoms with Gasteiger partial charge in [-0.1, -0.05) is 0 Å². The minimum Gasteiger partial charge on any atom is -0.462 e. The molecule has 0 amide bonds. The van der Waals surface area contributed by atoms with Crippen molar-refractivity contribution in [1.29, 1.82) is 5.26 Å². The number of anilines is 1. The zero-order valence-electron chi connectivity index (χ0n) is 9.77. The first kappa shape index (κ1) is 13.2. The second kappa shape index (κ2) is 5.18. The summed E-state index contributed by atoms with van der Waals surface area (Å²) in [4.78, 5) is 12.4. The maximum absolute atomic E-state index is 12.0. The van der Waals surface area contributed by atoms with E-state index in [-0.39, 0.29) is 5.97 Å². The van der Waals surface area contributed by atoms with Crippen LogP contribution in [-0.2, 0) is 4.74 Å². The van der Waals surface area contributed by atoms with Gasteiger partial charge in [-0.25, -0.2) is 4.79 Å². The Morgan fingerprint density at radius 3 is 2.78 bits per heavy atom. The first-order valence-corrected chi connectivity index (χ1v) is 7.95. The molecule has 2 aromatic rings. The second-order valence-electron chi connectivity index (χ2n) is 3.30. The van der Waals surface area contributed by atoms with Gasteiger partial charge in [0.25, 0.3) is 0 Å². The molecule has 0 aliphatic heterocycles. The van der Waals surface area contributed by atoms with Crippen molar-refractivity contribution in [3.63, 3.8) is 0 Å². The number of rotatable bonds is 3. The first-order valence-electron chi connectivity index (χ1n) is 5.10. The third-order valence-corrected chi connectivity index (χ3v) is 5.89. The fraction of sp³-hybridized carbons (Fsp3) is 0.273. The Morgan fingerprint density at radius 1 is 1.50 bits per heavy atom. The van der Waals surface area contributed by atoms with Crippen LogP contribution in [0.1, 0.15) is 22.2 Å². The van der Waals surface area contributed by atoms with Gasteiger partial charge in [0.05, 0.1) is 25.9 Å². The van der Waals surface area contributed by atoms with Gasteiger partial charge in [0.2, 0.25) is 0 Å². The first-order chi connectivity index (χ1) is 8.63. The Morgan fingerprint density at radius 2 is 2.22 bits per heavy atom. The zero-order chi connectivity index (χ0) is 13.3. The maximum Gasteiger partial charge on any atom is 0.341 e. The molecule has 0 saturated heterocycles. The fourth-order valence-corrected chi connectivity index (χ4v) is 4.79. The van der Waals surface area contributed by atoms with E-state index in [1.165, 1.54) is 34.4 Å². The smallest absolute Gasteiger partial charge is 0.341 e. The van der Waals surface area contributed by atoms with Crippen molar-refractivity contribution in [3.05, 3.63) is 10.4 Å². The van der Waals surface area contributed by atoms with Gasteiger partial charge in [-0.05, 0) is 13.2 Å². The lowest BCUT2D eigenvalue weighted by molar-refractivity contribution is 0.0526. The van der Waals surface area contributed by atoms with Crippen molar-refractivity contribution in [3.8, 4) is 6.07 Å². The Balaban J connectivity index is 2.69. The summed E-state index contributed by atoms with van der Waals surface area (Å²) in [6.07, 6.45) is 1.90. The number of thiophene rings is 2. The molecule has 4 nitrogen and oxygen atoms in total. The van der Waals surface area contributed by atoms with Crippen LogP contribution in [0.15, 0.2) is 4.21 Å². The Hall–Kier alpha value is -1.23. The SMILES string of the molecule is CCOC(=O)c1c(SC)sc2c(N)c(C#N)sc12. The largest absolute Gasteiger partial charge is 0.462 e. The number of carbonyl (C=O) groups is 1. The number of nitriles is 1. The molecule has 0 atom stereocenters. The number of nitrogens with two attached hydrogens (primary N) is 1. The lowest BCUT2D eigenvalue weighted by Gasteiger charge is -2.01. The minimum absolute atomic E-state index is 0.329. The number of carbonyl (C=O) groups excluding carboxylic acids is 1. The van der Waals surface area contributed by atoms with Gasteiger partial charge in [0, 0.05) is 0 Å². The van der Waals surface area contributed by atoms with Crippen molar-refractivity contribution >= 4 is 55.5 Å². The molecule has 0 unspecified atom stereocenters. The molecule has 0 radical (unpaired) electrons. The molecule has 0 spiro atoms. The highest BCUT2D eigenvalue weighted by Gasteiger charge is 2.24. The minimum atomic E-state index is -0.348. The van der Waals surface area contributed by atoms with Crippen LogP contribution in [0.4, 0.5) is 5.69 Å². The van der Waals surface area contributed by atoms with E-state index in [1.54, 1.807) is 6.92 Å². The Kier molecular flexibility index (Phi) is 3.80. The molecule has 0 aromatic carbocycles. The number of esters is 1. The van der Waals surface area contributed by atoms with Gasteiger partial charge in [-0.2, -0.15) is 5.26 Å². The predicted octanol–water partition coefficient (Wildman–Crippen LogP) is 3.32. The van der Waals surface area contributed by atoms with Gasteiger partial charge in [-0.15, -0.1) is 34.4 Å². The third kappa shape index (κ3) is 1.96. The zero-order valence-corrected chi connectivity index (χ0v) is 12.2. The molecule has 2 aromatic heterocycles. The van der Waals surface area contributed by atoms with Gasteiger partial charge < -0.3 is 10.5 Å². The normalized spacial score (nSPS) is 10.5. The molecule has 2 N–H and O–H groups in total. The summed E-state index contributed by atoms with van der Waals surface area (Å²) in [5.41, 5.74) is 6.91. The van der Waals surface area contributed by atoms with Crippen molar-refractivity contribution in [2.45, 2.75) is 11.1 Å². The summed E-state index contributed by atoms with van der Waals surface area (Å²) >= 11 is 4.18. The molecule has 2 heterocycles. The quantitative estimate of drug-likeness (QED) is 0.695. The van der Waals surface area contributed by atoms with E-state index in [1.807, 2.05) is 12.3 Å². The highest BCUT2D eigenvalue weighted by molar-refractivity contribution is 8.00. The van der Waals surface area contributed by atoms with Crippen LogP contribution in [-0.4, -0.2) is 18.8 Å². The molecule has 0 saturated carbocycles. The van der Waals surface area contributed by atoms with Gasteiger partial charge >= 0.3 is 5.97 Å². The second-order valence-corrected chi connectivity index (χ2v) is 6.42. The van der Waals surface area contributed by atoms with Gasteiger partial charge in [0.15, 0.2) is 0 Å². The molecular formula is C11H10N2O2S3. The van der Waals surface area contributed by atoms with Gasteiger partial charge in [-0.3, -0.25) is 0 Å². The molecule has 94 valence electrons. The lowest BCUT2D eigenvalue weighted by Crippen LogP contribution is -2.04. The van der Waals surface area contributed by atoms with Crippen LogP contribution in [0.3, 0.4) is 0 Å². The number of ether oxygens (including phenoxy) is 1. The Bertz CT molecular complexity index is 651. The summed E-state index contributed by atoms with van der Waals surface area (Å²) in [5, 5.41) is 8.96. The van der Waals surface area contributed by atoms with Crippen LogP contribution in [0.5, 0.6) is 0 Å². The fourth-order valence-electron chi connectivity index (χ4n) is 1.54.